The third-order valence-electron chi connectivity index (χ3n) is 5.47. The van der Waals surface area contributed by atoms with Crippen LogP contribution in [-0.4, -0.2) is 47.5 Å². The first kappa shape index (κ1) is 22.3. The Hall–Kier alpha value is -4.94. The van der Waals surface area contributed by atoms with Gasteiger partial charge in [-0.1, -0.05) is 36.0 Å². The first-order valence-electron chi connectivity index (χ1n) is 10.3. The summed E-state index contributed by atoms with van der Waals surface area (Å²) in [6.45, 7) is 0. The molecule has 0 bridgehead atoms. The van der Waals surface area contributed by atoms with Crippen molar-refractivity contribution in [2.75, 3.05) is 14.1 Å². The summed E-state index contributed by atoms with van der Waals surface area (Å²) in [5.41, 5.74) is 3.95. The molecule has 2 aliphatic rings. The smallest absolute Gasteiger partial charge is 0.261 e. The van der Waals surface area contributed by atoms with Gasteiger partial charge in [0, 0.05) is 30.8 Å². The van der Waals surface area contributed by atoms with E-state index in [1.165, 1.54) is 14.1 Å². The van der Waals surface area contributed by atoms with Gasteiger partial charge in [-0.25, -0.2) is 0 Å². The van der Waals surface area contributed by atoms with Gasteiger partial charge < -0.3 is 0 Å². The standard InChI is InChI=1S/C17H11NO2.C11H7NO2/c1-18-16(19)14-10-9-13(11-15(14)17(18)20)8-7-12-5-3-2-4-6-12;1-3-7-4-5-8-9(6-7)11(14)12(2)10(8)13/h2-6,9-11H,1H3;1,4-6H,2H3. The van der Waals surface area contributed by atoms with Gasteiger partial charge in [0.15, 0.2) is 0 Å². The summed E-state index contributed by atoms with van der Waals surface area (Å²) >= 11 is 0. The molecule has 164 valence electrons. The van der Waals surface area contributed by atoms with Crippen LogP contribution in [0.3, 0.4) is 0 Å². The zero-order chi connectivity index (χ0) is 24.4. The molecule has 0 saturated heterocycles. The highest BCUT2D eigenvalue weighted by molar-refractivity contribution is 6.22. The van der Waals surface area contributed by atoms with E-state index < -0.39 is 0 Å². The van der Waals surface area contributed by atoms with Crippen LogP contribution in [0.15, 0.2) is 66.7 Å². The van der Waals surface area contributed by atoms with Gasteiger partial charge in [-0.3, -0.25) is 29.0 Å². The Morgan fingerprint density at radius 2 is 1.00 bits per heavy atom. The Labute approximate surface area is 196 Å². The molecule has 0 radical (unpaired) electrons. The summed E-state index contributed by atoms with van der Waals surface area (Å²) in [4.78, 5) is 48.8. The summed E-state index contributed by atoms with van der Waals surface area (Å²) in [5.74, 6) is 7.38. The zero-order valence-electron chi connectivity index (χ0n) is 18.5. The molecule has 0 saturated carbocycles. The summed E-state index contributed by atoms with van der Waals surface area (Å²) in [5, 5.41) is 0. The summed E-state index contributed by atoms with van der Waals surface area (Å²) in [6, 6.07) is 19.5. The number of carbonyl (C=O) groups is 4. The highest BCUT2D eigenvalue weighted by Crippen LogP contribution is 2.23. The third kappa shape index (κ3) is 3.97. The van der Waals surface area contributed by atoms with Crippen molar-refractivity contribution in [2.24, 2.45) is 0 Å². The van der Waals surface area contributed by atoms with E-state index in [9.17, 15) is 19.2 Å². The van der Waals surface area contributed by atoms with Crippen LogP contribution in [0.5, 0.6) is 0 Å². The largest absolute Gasteiger partial charge is 0.277 e. The Balaban J connectivity index is 0.000000172. The van der Waals surface area contributed by atoms with Gasteiger partial charge in [0.2, 0.25) is 0 Å². The first-order chi connectivity index (χ1) is 16.3. The highest BCUT2D eigenvalue weighted by Gasteiger charge is 2.33. The second-order valence-corrected chi connectivity index (χ2v) is 7.62. The second-order valence-electron chi connectivity index (χ2n) is 7.62. The van der Waals surface area contributed by atoms with Gasteiger partial charge in [0.25, 0.3) is 23.6 Å². The molecule has 2 aliphatic heterocycles. The molecule has 5 rings (SSSR count). The predicted octanol–water partition coefficient (Wildman–Crippen LogP) is 3.21. The number of carbonyl (C=O) groups excluding carboxylic acids is 4. The molecule has 0 atom stereocenters. The maximum absolute atomic E-state index is 11.9. The third-order valence-corrected chi connectivity index (χ3v) is 5.47. The number of hydrogen-bond acceptors (Lipinski definition) is 4. The second kappa shape index (κ2) is 8.90. The van der Waals surface area contributed by atoms with E-state index in [1.54, 1.807) is 36.4 Å². The molecular weight excluding hydrogens is 428 g/mol. The first-order valence-corrected chi connectivity index (χ1v) is 10.3. The lowest BCUT2D eigenvalue weighted by Gasteiger charge is -2.02. The minimum atomic E-state index is -0.290. The van der Waals surface area contributed by atoms with E-state index in [0.29, 0.717) is 27.8 Å². The molecule has 0 N–H and O–H groups in total. The minimum absolute atomic E-state index is 0.257. The Morgan fingerprint density at radius 1 is 0.559 bits per heavy atom. The fraction of sp³-hybridized carbons (Fsp3) is 0.0714. The van der Waals surface area contributed by atoms with Gasteiger partial charge in [0.1, 0.15) is 0 Å². The topological polar surface area (TPSA) is 74.8 Å². The van der Waals surface area contributed by atoms with Crippen LogP contribution >= 0.6 is 0 Å². The van der Waals surface area contributed by atoms with Crippen molar-refractivity contribution in [3.8, 4) is 24.2 Å². The maximum atomic E-state index is 11.9. The molecule has 2 heterocycles. The fourth-order valence-electron chi connectivity index (χ4n) is 3.56. The Bertz CT molecular complexity index is 1470. The number of rotatable bonds is 0. The molecule has 0 aliphatic carbocycles. The average molecular weight is 446 g/mol. The SMILES string of the molecule is C#Cc1ccc2c(c1)C(=O)N(C)C2=O.CN1C(=O)c2ccc(C#Cc3ccccc3)cc2C1=O. The van der Waals surface area contributed by atoms with Crippen molar-refractivity contribution in [3.63, 3.8) is 0 Å². The van der Waals surface area contributed by atoms with Crippen LogP contribution in [0.25, 0.3) is 0 Å². The molecule has 34 heavy (non-hydrogen) atoms. The molecule has 6 heteroatoms. The lowest BCUT2D eigenvalue weighted by atomic mass is 10.1. The lowest BCUT2D eigenvalue weighted by Crippen LogP contribution is -2.24. The molecule has 3 aromatic rings. The van der Waals surface area contributed by atoms with E-state index >= 15 is 0 Å². The van der Waals surface area contributed by atoms with Gasteiger partial charge in [-0.05, 0) is 48.5 Å². The summed E-state index contributed by atoms with van der Waals surface area (Å²) in [6.07, 6.45) is 5.20. The number of imide groups is 2. The number of fused-ring (bicyclic) bond motifs is 2. The lowest BCUT2D eigenvalue weighted by molar-refractivity contribution is 0.0677. The van der Waals surface area contributed by atoms with Crippen LogP contribution in [-0.2, 0) is 0 Å². The van der Waals surface area contributed by atoms with Crippen molar-refractivity contribution < 1.29 is 19.2 Å². The Kier molecular flexibility index (Phi) is 5.82. The average Bonchev–Trinajstić information content (AvgIpc) is 3.22. The molecule has 4 amide bonds. The number of amides is 4. The monoisotopic (exact) mass is 446 g/mol. The normalized spacial score (nSPS) is 13.4. The number of benzene rings is 3. The van der Waals surface area contributed by atoms with Gasteiger partial charge in [0.05, 0.1) is 22.3 Å². The van der Waals surface area contributed by atoms with Gasteiger partial charge in [-0.15, -0.1) is 6.42 Å². The molecule has 0 fully saturated rings. The van der Waals surface area contributed by atoms with Crippen molar-refractivity contribution in [3.05, 3.63) is 106 Å². The van der Waals surface area contributed by atoms with E-state index in [-0.39, 0.29) is 23.6 Å². The minimum Gasteiger partial charge on any atom is -0.277 e. The fourth-order valence-corrected chi connectivity index (χ4v) is 3.56. The van der Waals surface area contributed by atoms with Crippen molar-refractivity contribution in [1.29, 1.82) is 0 Å². The molecule has 0 aromatic heterocycles. The summed E-state index contributed by atoms with van der Waals surface area (Å²) in [7, 11) is 2.94. The number of nitrogens with zero attached hydrogens (tertiary/aromatic N) is 2. The van der Waals surface area contributed by atoms with Crippen LogP contribution in [0.2, 0.25) is 0 Å². The van der Waals surface area contributed by atoms with Crippen molar-refractivity contribution >= 4 is 23.6 Å². The van der Waals surface area contributed by atoms with Crippen LogP contribution < -0.4 is 0 Å². The quantitative estimate of drug-likeness (QED) is 0.393. The van der Waals surface area contributed by atoms with E-state index in [2.05, 4.69) is 17.8 Å². The number of hydrogen-bond donors (Lipinski definition) is 0. The molecular formula is C28H18N2O4. The highest BCUT2D eigenvalue weighted by atomic mass is 16.2. The van der Waals surface area contributed by atoms with Crippen LogP contribution in [0.1, 0.15) is 58.1 Å². The zero-order valence-corrected chi connectivity index (χ0v) is 18.5. The maximum Gasteiger partial charge on any atom is 0.261 e. The Morgan fingerprint density at radius 3 is 1.53 bits per heavy atom. The molecule has 6 nitrogen and oxygen atoms in total. The van der Waals surface area contributed by atoms with Crippen molar-refractivity contribution in [2.45, 2.75) is 0 Å². The molecule has 0 spiro atoms. The summed E-state index contributed by atoms with van der Waals surface area (Å²) < 4.78 is 0. The van der Waals surface area contributed by atoms with Crippen molar-refractivity contribution in [1.82, 2.24) is 9.80 Å². The van der Waals surface area contributed by atoms with Crippen LogP contribution in [0.4, 0.5) is 0 Å². The van der Waals surface area contributed by atoms with E-state index in [4.69, 9.17) is 6.42 Å². The number of terminal acetylenes is 1. The van der Waals surface area contributed by atoms with Crippen LogP contribution in [0, 0.1) is 24.2 Å². The molecule has 3 aromatic carbocycles. The van der Waals surface area contributed by atoms with Gasteiger partial charge >= 0.3 is 0 Å². The molecule has 0 unspecified atom stereocenters. The predicted molar refractivity (Wildman–Crippen MR) is 126 cm³/mol. The van der Waals surface area contributed by atoms with Gasteiger partial charge in [-0.2, -0.15) is 0 Å². The van der Waals surface area contributed by atoms with E-state index in [0.717, 1.165) is 20.9 Å². The van der Waals surface area contributed by atoms with E-state index in [1.807, 2.05) is 30.3 Å².